The Morgan fingerprint density at radius 1 is 1.50 bits per heavy atom. The van der Waals surface area contributed by atoms with Crippen LogP contribution < -0.4 is 11.5 Å². The molecule has 4 nitrogen and oxygen atoms in total. The molecule has 0 aromatic carbocycles. The predicted molar refractivity (Wildman–Crippen MR) is 47.5 cm³/mol. The van der Waals surface area contributed by atoms with Crippen LogP contribution >= 0.6 is 0 Å². The standard InChI is InChI=1S/C8H18N2O2/c1-8(2,3)12-7(11)6(10)4-5-9/h6H,4-5,9-10H2,1-3H3/t6-/m1/s1. The molecule has 0 aromatic heterocycles. The van der Waals surface area contributed by atoms with Gasteiger partial charge in [0.2, 0.25) is 0 Å². The van der Waals surface area contributed by atoms with Crippen molar-refractivity contribution in [1.29, 1.82) is 0 Å². The van der Waals surface area contributed by atoms with Crippen LogP contribution in [0, 0.1) is 0 Å². The number of hydrogen-bond acceptors (Lipinski definition) is 4. The van der Waals surface area contributed by atoms with Crippen LogP contribution in [0.2, 0.25) is 0 Å². The van der Waals surface area contributed by atoms with E-state index >= 15 is 0 Å². The summed E-state index contributed by atoms with van der Waals surface area (Å²) in [5, 5.41) is 0. The lowest BCUT2D eigenvalue weighted by molar-refractivity contribution is -0.156. The fraction of sp³-hybridized carbons (Fsp3) is 0.875. The topological polar surface area (TPSA) is 78.3 Å². The first-order valence-electron chi connectivity index (χ1n) is 4.05. The fourth-order valence-corrected chi connectivity index (χ4v) is 0.675. The molecule has 0 rings (SSSR count). The van der Waals surface area contributed by atoms with E-state index in [-0.39, 0.29) is 5.97 Å². The fourth-order valence-electron chi connectivity index (χ4n) is 0.675. The summed E-state index contributed by atoms with van der Waals surface area (Å²) in [5.41, 5.74) is 10.3. The van der Waals surface area contributed by atoms with Crippen LogP contribution in [0.5, 0.6) is 0 Å². The van der Waals surface area contributed by atoms with E-state index in [0.717, 1.165) is 0 Å². The maximum Gasteiger partial charge on any atom is 0.323 e. The van der Waals surface area contributed by atoms with Crippen molar-refractivity contribution in [2.24, 2.45) is 11.5 Å². The summed E-state index contributed by atoms with van der Waals surface area (Å²) < 4.78 is 5.03. The SMILES string of the molecule is CC(C)(C)OC(=O)[C@H](N)CCN. The zero-order valence-electron chi connectivity index (χ0n) is 7.96. The van der Waals surface area contributed by atoms with Crippen LogP contribution in [-0.4, -0.2) is 24.2 Å². The van der Waals surface area contributed by atoms with E-state index in [9.17, 15) is 4.79 Å². The lowest BCUT2D eigenvalue weighted by Crippen LogP contribution is -2.38. The van der Waals surface area contributed by atoms with Crippen molar-refractivity contribution < 1.29 is 9.53 Å². The molecule has 0 spiro atoms. The highest BCUT2D eigenvalue weighted by Gasteiger charge is 2.21. The van der Waals surface area contributed by atoms with E-state index in [1.807, 2.05) is 0 Å². The van der Waals surface area contributed by atoms with Gasteiger partial charge in [0, 0.05) is 0 Å². The Hall–Kier alpha value is -0.610. The molecule has 0 aliphatic carbocycles. The van der Waals surface area contributed by atoms with Gasteiger partial charge in [-0.25, -0.2) is 0 Å². The number of carbonyl (C=O) groups excluding carboxylic acids is 1. The summed E-state index contributed by atoms with van der Waals surface area (Å²) in [6.45, 7) is 5.82. The molecule has 0 bridgehead atoms. The largest absolute Gasteiger partial charge is 0.459 e. The molecule has 0 amide bonds. The zero-order valence-corrected chi connectivity index (χ0v) is 7.96. The average molecular weight is 174 g/mol. The Kier molecular flexibility index (Phi) is 4.20. The second kappa shape index (κ2) is 4.42. The molecule has 72 valence electrons. The van der Waals surface area contributed by atoms with Gasteiger partial charge in [0.1, 0.15) is 11.6 Å². The maximum absolute atomic E-state index is 11.1. The molecule has 0 unspecified atom stereocenters. The third-order valence-electron chi connectivity index (χ3n) is 1.19. The van der Waals surface area contributed by atoms with Gasteiger partial charge in [-0.2, -0.15) is 0 Å². The van der Waals surface area contributed by atoms with Crippen LogP contribution in [0.3, 0.4) is 0 Å². The lowest BCUT2D eigenvalue weighted by Gasteiger charge is -2.21. The number of ether oxygens (including phenoxy) is 1. The van der Waals surface area contributed by atoms with E-state index in [1.54, 1.807) is 20.8 Å². The van der Waals surface area contributed by atoms with Crippen LogP contribution in [0.25, 0.3) is 0 Å². The quantitative estimate of drug-likeness (QED) is 0.590. The Labute approximate surface area is 73.2 Å². The summed E-state index contributed by atoms with van der Waals surface area (Å²) in [7, 11) is 0. The lowest BCUT2D eigenvalue weighted by atomic mass is 10.1. The highest BCUT2D eigenvalue weighted by molar-refractivity contribution is 5.75. The molecule has 4 heteroatoms. The average Bonchev–Trinajstić information content (AvgIpc) is 1.84. The van der Waals surface area contributed by atoms with Crippen LogP contribution in [0.15, 0.2) is 0 Å². The molecule has 0 fully saturated rings. The molecule has 0 aromatic rings. The molecular formula is C8H18N2O2. The molecule has 12 heavy (non-hydrogen) atoms. The van der Waals surface area contributed by atoms with E-state index < -0.39 is 11.6 Å². The summed E-state index contributed by atoms with van der Waals surface area (Å²) in [6, 6.07) is -0.589. The minimum absolute atomic E-state index is 0.382. The number of rotatable bonds is 3. The van der Waals surface area contributed by atoms with E-state index in [4.69, 9.17) is 16.2 Å². The van der Waals surface area contributed by atoms with Gasteiger partial charge in [0.25, 0.3) is 0 Å². The van der Waals surface area contributed by atoms with Crippen molar-refractivity contribution in [3.05, 3.63) is 0 Å². The Balaban J connectivity index is 3.87. The molecule has 0 aliphatic rings. The normalized spacial score (nSPS) is 14.1. The van der Waals surface area contributed by atoms with Gasteiger partial charge < -0.3 is 16.2 Å². The molecule has 0 heterocycles. The van der Waals surface area contributed by atoms with Gasteiger partial charge in [-0.05, 0) is 33.7 Å². The summed E-state index contributed by atoms with van der Waals surface area (Å²) in [5.74, 6) is -0.382. The van der Waals surface area contributed by atoms with Crippen molar-refractivity contribution >= 4 is 5.97 Å². The maximum atomic E-state index is 11.1. The van der Waals surface area contributed by atoms with Crippen LogP contribution in [-0.2, 0) is 9.53 Å². The molecule has 0 radical (unpaired) electrons. The smallest absolute Gasteiger partial charge is 0.323 e. The predicted octanol–water partition coefficient (Wildman–Crippen LogP) is 0.00420. The van der Waals surface area contributed by atoms with E-state index in [1.165, 1.54) is 0 Å². The number of hydrogen-bond donors (Lipinski definition) is 2. The monoisotopic (exact) mass is 174 g/mol. The minimum atomic E-state index is -0.589. The third-order valence-corrected chi connectivity index (χ3v) is 1.19. The van der Waals surface area contributed by atoms with E-state index in [0.29, 0.717) is 13.0 Å². The first-order chi connectivity index (χ1) is 5.37. The second-order valence-corrected chi connectivity index (χ2v) is 3.72. The van der Waals surface area contributed by atoms with Crippen LogP contribution in [0.4, 0.5) is 0 Å². The summed E-state index contributed by atoms with van der Waals surface area (Å²) >= 11 is 0. The Morgan fingerprint density at radius 2 is 2.00 bits per heavy atom. The van der Waals surface area contributed by atoms with Crippen molar-refractivity contribution in [3.8, 4) is 0 Å². The van der Waals surface area contributed by atoms with Crippen molar-refractivity contribution in [2.45, 2.75) is 38.8 Å². The van der Waals surface area contributed by atoms with Gasteiger partial charge in [0.05, 0.1) is 0 Å². The van der Waals surface area contributed by atoms with Gasteiger partial charge in [-0.3, -0.25) is 4.79 Å². The summed E-state index contributed by atoms with van der Waals surface area (Å²) in [4.78, 5) is 11.1. The minimum Gasteiger partial charge on any atom is -0.459 e. The van der Waals surface area contributed by atoms with Crippen molar-refractivity contribution in [1.82, 2.24) is 0 Å². The second-order valence-electron chi connectivity index (χ2n) is 3.72. The number of esters is 1. The number of carbonyl (C=O) groups is 1. The first-order valence-corrected chi connectivity index (χ1v) is 4.05. The third kappa shape index (κ3) is 5.09. The van der Waals surface area contributed by atoms with Gasteiger partial charge in [-0.1, -0.05) is 0 Å². The molecule has 0 saturated carbocycles. The van der Waals surface area contributed by atoms with E-state index in [2.05, 4.69) is 0 Å². The highest BCUT2D eigenvalue weighted by Crippen LogP contribution is 2.08. The first kappa shape index (κ1) is 11.4. The highest BCUT2D eigenvalue weighted by atomic mass is 16.6. The van der Waals surface area contributed by atoms with Gasteiger partial charge in [0.15, 0.2) is 0 Å². The van der Waals surface area contributed by atoms with Crippen LogP contribution in [0.1, 0.15) is 27.2 Å². The number of nitrogens with two attached hydrogens (primary N) is 2. The summed E-state index contributed by atoms with van der Waals surface area (Å²) in [6.07, 6.45) is 0.467. The molecule has 0 aliphatic heterocycles. The van der Waals surface area contributed by atoms with Crippen molar-refractivity contribution in [2.75, 3.05) is 6.54 Å². The molecule has 1 atom stereocenters. The Morgan fingerprint density at radius 3 is 2.33 bits per heavy atom. The zero-order chi connectivity index (χ0) is 9.78. The van der Waals surface area contributed by atoms with Gasteiger partial charge in [-0.15, -0.1) is 0 Å². The molecular weight excluding hydrogens is 156 g/mol. The Bertz CT molecular complexity index is 152. The molecule has 4 N–H and O–H groups in total. The van der Waals surface area contributed by atoms with Gasteiger partial charge >= 0.3 is 5.97 Å². The van der Waals surface area contributed by atoms with Crippen molar-refractivity contribution in [3.63, 3.8) is 0 Å². The molecule has 0 saturated heterocycles.